The third-order valence-corrected chi connectivity index (χ3v) is 5.26. The first-order valence-electron chi connectivity index (χ1n) is 9.69. The summed E-state index contributed by atoms with van der Waals surface area (Å²) in [5.41, 5.74) is 0.374. The van der Waals surface area contributed by atoms with Crippen molar-refractivity contribution in [2.75, 3.05) is 24.7 Å². The number of nitriles is 1. The van der Waals surface area contributed by atoms with Crippen LogP contribution in [0.1, 0.15) is 35.4 Å². The molecular formula is C18H19F3N8O4. The summed E-state index contributed by atoms with van der Waals surface area (Å²) < 4.78 is 37.3. The van der Waals surface area contributed by atoms with E-state index in [2.05, 4.69) is 35.6 Å². The molecule has 0 aromatic carbocycles. The molecule has 1 atom stereocenters. The highest BCUT2D eigenvalue weighted by atomic mass is 19.4. The molecule has 2 aliphatic heterocycles. The number of anilines is 1. The van der Waals surface area contributed by atoms with Crippen LogP contribution in [0.15, 0.2) is 18.6 Å². The van der Waals surface area contributed by atoms with Crippen LogP contribution in [0.2, 0.25) is 0 Å². The van der Waals surface area contributed by atoms with Crippen molar-refractivity contribution in [3.8, 4) is 6.07 Å². The summed E-state index contributed by atoms with van der Waals surface area (Å²) >= 11 is 0. The predicted molar refractivity (Wildman–Crippen MR) is 103 cm³/mol. The van der Waals surface area contributed by atoms with E-state index in [1.54, 1.807) is 6.20 Å². The number of hydrogen-bond acceptors (Lipinski definition) is 9. The lowest BCUT2D eigenvalue weighted by Crippen LogP contribution is -2.48. The second kappa shape index (κ2) is 9.77. The minimum Gasteiger partial charge on any atom is -0.475 e. The van der Waals surface area contributed by atoms with Crippen LogP contribution in [0.4, 0.5) is 19.0 Å². The normalized spacial score (nSPS) is 19.3. The number of aromatic amines is 1. The lowest BCUT2D eigenvalue weighted by molar-refractivity contribution is -0.192. The van der Waals surface area contributed by atoms with Gasteiger partial charge in [-0.1, -0.05) is 0 Å². The van der Waals surface area contributed by atoms with Crippen molar-refractivity contribution in [3.05, 3.63) is 30.0 Å². The summed E-state index contributed by atoms with van der Waals surface area (Å²) in [6, 6.07) is 1.97. The van der Waals surface area contributed by atoms with Crippen LogP contribution in [0.25, 0.3) is 0 Å². The van der Waals surface area contributed by atoms with Crippen LogP contribution in [-0.2, 0) is 9.53 Å². The highest BCUT2D eigenvalue weighted by Gasteiger charge is 2.47. The summed E-state index contributed by atoms with van der Waals surface area (Å²) in [5, 5.41) is 29.2. The van der Waals surface area contributed by atoms with Crippen molar-refractivity contribution in [1.82, 2.24) is 30.7 Å². The van der Waals surface area contributed by atoms with Gasteiger partial charge < -0.3 is 20.1 Å². The van der Waals surface area contributed by atoms with E-state index < -0.39 is 12.1 Å². The van der Waals surface area contributed by atoms with Gasteiger partial charge in [0.2, 0.25) is 0 Å². The number of alkyl halides is 3. The number of carbonyl (C=O) groups is 2. The van der Waals surface area contributed by atoms with Crippen molar-refractivity contribution < 1.29 is 32.6 Å². The number of halogens is 3. The van der Waals surface area contributed by atoms with Crippen molar-refractivity contribution in [3.63, 3.8) is 0 Å². The maximum atomic E-state index is 12.3. The molecule has 12 nitrogen and oxygen atoms in total. The summed E-state index contributed by atoms with van der Waals surface area (Å²) in [6.45, 7) is 1.91. The van der Waals surface area contributed by atoms with Gasteiger partial charge in [0.1, 0.15) is 11.9 Å². The van der Waals surface area contributed by atoms with E-state index in [1.165, 1.54) is 12.4 Å². The number of aliphatic carboxylic acids is 1. The number of aromatic nitrogens is 5. The number of nitrogens with one attached hydrogen (secondary N) is 2. The van der Waals surface area contributed by atoms with Crippen molar-refractivity contribution in [1.29, 1.82) is 5.26 Å². The molecule has 2 aromatic rings. The Balaban J connectivity index is 0.000000383. The molecule has 33 heavy (non-hydrogen) atoms. The fraction of sp³-hybridized carbons (Fsp3) is 0.500. The second-order valence-corrected chi connectivity index (χ2v) is 7.35. The zero-order valence-corrected chi connectivity index (χ0v) is 17.0. The number of hydrogen-bond donors (Lipinski definition) is 3. The lowest BCUT2D eigenvalue weighted by atomic mass is 9.86. The molecule has 0 radical (unpaired) electrons. The molecule has 2 aliphatic rings. The third kappa shape index (κ3) is 5.71. The number of carbonyl (C=O) groups excluding carboxylic acids is 1. The van der Waals surface area contributed by atoms with E-state index in [-0.39, 0.29) is 28.9 Å². The van der Waals surface area contributed by atoms with E-state index in [0.717, 1.165) is 19.3 Å². The number of carboxylic acids is 1. The maximum absolute atomic E-state index is 12.3. The van der Waals surface area contributed by atoms with Gasteiger partial charge in [-0.2, -0.15) is 33.8 Å². The Bertz CT molecular complexity index is 1020. The average Bonchev–Trinajstić information content (AvgIpc) is 3.43. The molecule has 1 spiro atoms. The molecule has 15 heteroatoms. The standard InChI is InChI=1S/C16H18N8O2.C2HF3O2/c17-6-12-7-18-9-14(20-12)24-10-11(5-16(24)1-3-26-4-2-16)21-15(25)13-8-19-23-22-13;3-2(4,5)1(6)7/h7-9,11H,1-5,10H2,(H,21,25)(H,19,22,23);(H,6,7). The minimum atomic E-state index is -5.08. The van der Waals surface area contributed by atoms with E-state index >= 15 is 0 Å². The van der Waals surface area contributed by atoms with Gasteiger partial charge in [0.25, 0.3) is 5.91 Å². The van der Waals surface area contributed by atoms with E-state index in [4.69, 9.17) is 19.9 Å². The molecule has 1 unspecified atom stereocenters. The van der Waals surface area contributed by atoms with Gasteiger partial charge in [0.15, 0.2) is 11.4 Å². The highest BCUT2D eigenvalue weighted by Crippen LogP contribution is 2.40. The van der Waals surface area contributed by atoms with Gasteiger partial charge in [-0.25, -0.2) is 9.78 Å². The van der Waals surface area contributed by atoms with Gasteiger partial charge >= 0.3 is 12.1 Å². The van der Waals surface area contributed by atoms with Gasteiger partial charge in [-0.15, -0.1) is 0 Å². The molecule has 176 valence electrons. The number of carboxylic acid groups (broad SMARTS) is 1. The fourth-order valence-electron chi connectivity index (χ4n) is 3.82. The number of rotatable bonds is 3. The smallest absolute Gasteiger partial charge is 0.475 e. The fourth-order valence-corrected chi connectivity index (χ4v) is 3.82. The second-order valence-electron chi connectivity index (χ2n) is 7.35. The SMILES string of the molecule is N#Cc1cncc(N2CC(NC(=O)c3cn[nH]n3)CC23CCOCC3)n1.O=C(O)C(F)(F)F. The van der Waals surface area contributed by atoms with E-state index in [1.807, 2.05) is 6.07 Å². The van der Waals surface area contributed by atoms with Crippen molar-refractivity contribution >= 4 is 17.7 Å². The topological polar surface area (TPSA) is 170 Å². The first-order chi connectivity index (χ1) is 15.6. The lowest BCUT2D eigenvalue weighted by Gasteiger charge is -2.41. The highest BCUT2D eigenvalue weighted by molar-refractivity contribution is 5.92. The Morgan fingerprint density at radius 2 is 2.00 bits per heavy atom. The molecule has 4 heterocycles. The summed E-state index contributed by atoms with van der Waals surface area (Å²) in [4.78, 5) is 31.9. The predicted octanol–water partition coefficient (Wildman–Crippen LogP) is 0.658. The van der Waals surface area contributed by atoms with Gasteiger partial charge in [-0.05, 0) is 19.3 Å². The molecule has 2 saturated heterocycles. The molecule has 2 fully saturated rings. The van der Waals surface area contributed by atoms with Crippen LogP contribution in [-0.4, -0.2) is 79.9 Å². The number of ether oxygens (including phenoxy) is 1. The summed E-state index contributed by atoms with van der Waals surface area (Å²) in [7, 11) is 0. The third-order valence-electron chi connectivity index (χ3n) is 5.26. The van der Waals surface area contributed by atoms with Crippen LogP contribution >= 0.6 is 0 Å². The molecule has 1 amide bonds. The first-order valence-corrected chi connectivity index (χ1v) is 9.69. The maximum Gasteiger partial charge on any atom is 0.490 e. The molecule has 0 saturated carbocycles. The number of amides is 1. The van der Waals surface area contributed by atoms with E-state index in [9.17, 15) is 18.0 Å². The van der Waals surface area contributed by atoms with Gasteiger partial charge in [0.05, 0.1) is 18.6 Å². The Morgan fingerprint density at radius 3 is 2.58 bits per heavy atom. The first kappa shape index (κ1) is 23.9. The van der Waals surface area contributed by atoms with Crippen LogP contribution < -0.4 is 10.2 Å². The molecule has 2 aromatic heterocycles. The van der Waals surface area contributed by atoms with Crippen molar-refractivity contribution in [2.24, 2.45) is 0 Å². The Labute approximate surface area is 184 Å². The van der Waals surface area contributed by atoms with Crippen LogP contribution in [0.3, 0.4) is 0 Å². The Morgan fingerprint density at radius 1 is 1.30 bits per heavy atom. The molecule has 0 aliphatic carbocycles. The molecular weight excluding hydrogens is 449 g/mol. The van der Waals surface area contributed by atoms with Crippen LogP contribution in [0.5, 0.6) is 0 Å². The number of nitrogens with zero attached hydrogens (tertiary/aromatic N) is 6. The molecule has 4 rings (SSSR count). The van der Waals surface area contributed by atoms with E-state index in [0.29, 0.717) is 25.6 Å². The van der Waals surface area contributed by atoms with Gasteiger partial charge in [0, 0.05) is 31.3 Å². The van der Waals surface area contributed by atoms with Crippen molar-refractivity contribution in [2.45, 2.75) is 37.0 Å². The average molecular weight is 468 g/mol. The molecule has 3 N–H and O–H groups in total. The zero-order chi connectivity index (χ0) is 24.1. The Kier molecular flexibility index (Phi) is 7.07. The monoisotopic (exact) mass is 468 g/mol. The zero-order valence-electron chi connectivity index (χ0n) is 17.0. The Hall–Kier alpha value is -3.80. The minimum absolute atomic E-state index is 0.0650. The number of H-pyrrole nitrogens is 1. The summed E-state index contributed by atoms with van der Waals surface area (Å²) in [5.74, 6) is -2.36. The summed E-state index contributed by atoms with van der Waals surface area (Å²) in [6.07, 6.45) is 1.87. The van der Waals surface area contributed by atoms with Crippen LogP contribution in [0, 0.1) is 11.3 Å². The largest absolute Gasteiger partial charge is 0.490 e. The quantitative estimate of drug-likeness (QED) is 0.581. The van der Waals surface area contributed by atoms with Gasteiger partial charge in [-0.3, -0.25) is 9.78 Å². The molecule has 0 bridgehead atoms.